The molecule has 3 heterocycles. The van der Waals surface area contributed by atoms with Gasteiger partial charge in [0, 0.05) is 30.3 Å². The summed E-state index contributed by atoms with van der Waals surface area (Å²) < 4.78 is 5.12. The minimum absolute atomic E-state index is 0.152. The summed E-state index contributed by atoms with van der Waals surface area (Å²) in [5.74, 6) is 0.516. The fourth-order valence-corrected chi connectivity index (χ4v) is 3.70. The van der Waals surface area contributed by atoms with E-state index in [-0.39, 0.29) is 23.3 Å². The number of aryl methyl sites for hydroxylation is 2. The molecule has 0 bridgehead atoms. The van der Waals surface area contributed by atoms with Gasteiger partial charge >= 0.3 is 0 Å². The molecule has 0 spiro atoms. The van der Waals surface area contributed by atoms with E-state index in [0.29, 0.717) is 35.7 Å². The Bertz CT molecular complexity index is 1060. The van der Waals surface area contributed by atoms with Gasteiger partial charge in [-0.3, -0.25) is 9.59 Å². The van der Waals surface area contributed by atoms with Crippen molar-refractivity contribution in [3.63, 3.8) is 0 Å². The average Bonchev–Trinajstić information content (AvgIpc) is 3.34. The molecule has 1 saturated heterocycles. The number of carbonyl (C=O) groups is 1. The van der Waals surface area contributed by atoms with Gasteiger partial charge in [0.2, 0.25) is 5.76 Å². The van der Waals surface area contributed by atoms with Gasteiger partial charge in [-0.2, -0.15) is 0 Å². The SMILES string of the molecule is Cc1cc(C(=O)N2CCCC2c2nc(C)c(Cc3ccccc3)c(=O)[nH]2)on1. The minimum Gasteiger partial charge on any atom is -0.351 e. The van der Waals surface area contributed by atoms with Crippen LogP contribution < -0.4 is 5.56 Å². The predicted molar refractivity (Wildman–Crippen MR) is 103 cm³/mol. The van der Waals surface area contributed by atoms with Crippen molar-refractivity contribution in [2.45, 2.75) is 39.2 Å². The lowest BCUT2D eigenvalue weighted by molar-refractivity contribution is 0.0687. The number of hydrogen-bond donors (Lipinski definition) is 1. The molecule has 2 aromatic heterocycles. The molecule has 0 aliphatic carbocycles. The average molecular weight is 378 g/mol. The van der Waals surface area contributed by atoms with Crippen LogP contribution in [0, 0.1) is 13.8 Å². The van der Waals surface area contributed by atoms with Gasteiger partial charge in [0.25, 0.3) is 11.5 Å². The third kappa shape index (κ3) is 3.47. The van der Waals surface area contributed by atoms with E-state index in [1.165, 1.54) is 0 Å². The molecule has 7 heteroatoms. The maximum Gasteiger partial charge on any atom is 0.293 e. The summed E-state index contributed by atoms with van der Waals surface area (Å²) in [6.45, 7) is 4.21. The minimum atomic E-state index is -0.268. The first-order chi connectivity index (χ1) is 13.5. The van der Waals surface area contributed by atoms with Crippen molar-refractivity contribution in [3.8, 4) is 0 Å². The molecule has 4 rings (SSSR count). The van der Waals surface area contributed by atoms with Crippen LogP contribution in [0.4, 0.5) is 0 Å². The van der Waals surface area contributed by atoms with Crippen molar-refractivity contribution in [2.75, 3.05) is 6.54 Å². The third-order valence-electron chi connectivity index (χ3n) is 5.13. The standard InChI is InChI=1S/C21H22N4O3/c1-13-11-18(28-24-13)21(27)25-10-6-9-17(25)19-22-14(2)16(20(26)23-19)12-15-7-4-3-5-8-15/h3-5,7-8,11,17H,6,9-10,12H2,1-2H3,(H,22,23,26). The van der Waals surface area contributed by atoms with Crippen LogP contribution in [-0.2, 0) is 6.42 Å². The summed E-state index contributed by atoms with van der Waals surface area (Å²) in [4.78, 5) is 34.8. The molecule has 28 heavy (non-hydrogen) atoms. The predicted octanol–water partition coefficient (Wildman–Crippen LogP) is 2.94. The van der Waals surface area contributed by atoms with E-state index in [1.807, 2.05) is 37.3 Å². The topological polar surface area (TPSA) is 92.1 Å². The van der Waals surface area contributed by atoms with E-state index >= 15 is 0 Å². The maximum absolute atomic E-state index is 12.8. The number of hydrogen-bond acceptors (Lipinski definition) is 5. The first kappa shape index (κ1) is 18.2. The van der Waals surface area contributed by atoms with Crippen molar-refractivity contribution in [1.29, 1.82) is 0 Å². The van der Waals surface area contributed by atoms with Crippen LogP contribution in [0.15, 0.2) is 45.7 Å². The first-order valence-electron chi connectivity index (χ1n) is 9.41. The van der Waals surface area contributed by atoms with Gasteiger partial charge in [0.1, 0.15) is 5.82 Å². The van der Waals surface area contributed by atoms with E-state index in [1.54, 1.807) is 17.9 Å². The van der Waals surface area contributed by atoms with Crippen molar-refractivity contribution < 1.29 is 9.32 Å². The number of likely N-dealkylation sites (tertiary alicyclic amines) is 1. The van der Waals surface area contributed by atoms with Gasteiger partial charge in [-0.15, -0.1) is 0 Å². The van der Waals surface area contributed by atoms with E-state index < -0.39 is 0 Å². The number of aromatic nitrogens is 3. The number of carbonyl (C=O) groups excluding carboxylic acids is 1. The van der Waals surface area contributed by atoms with Crippen LogP contribution in [0.5, 0.6) is 0 Å². The second-order valence-electron chi connectivity index (χ2n) is 7.17. The van der Waals surface area contributed by atoms with E-state index in [4.69, 9.17) is 4.52 Å². The number of H-pyrrole nitrogens is 1. The number of benzene rings is 1. The second-order valence-corrected chi connectivity index (χ2v) is 7.17. The highest BCUT2D eigenvalue weighted by Gasteiger charge is 2.34. The number of aromatic amines is 1. The fraction of sp³-hybridized carbons (Fsp3) is 0.333. The Hall–Kier alpha value is -3.22. The van der Waals surface area contributed by atoms with Crippen LogP contribution in [0.3, 0.4) is 0 Å². The van der Waals surface area contributed by atoms with Gasteiger partial charge < -0.3 is 14.4 Å². The molecule has 1 amide bonds. The quantitative estimate of drug-likeness (QED) is 0.754. The summed E-state index contributed by atoms with van der Waals surface area (Å²) in [6.07, 6.45) is 2.12. The molecule has 1 aliphatic rings. The van der Waals surface area contributed by atoms with Crippen molar-refractivity contribution >= 4 is 5.91 Å². The van der Waals surface area contributed by atoms with Gasteiger partial charge in [-0.1, -0.05) is 35.5 Å². The van der Waals surface area contributed by atoms with Crippen molar-refractivity contribution in [3.05, 3.63) is 80.9 Å². The lowest BCUT2D eigenvalue weighted by atomic mass is 10.0. The van der Waals surface area contributed by atoms with Crippen molar-refractivity contribution in [2.24, 2.45) is 0 Å². The zero-order valence-corrected chi connectivity index (χ0v) is 15.9. The summed E-state index contributed by atoms with van der Waals surface area (Å²) in [5, 5.41) is 3.79. The molecule has 1 N–H and O–H groups in total. The highest BCUT2D eigenvalue weighted by Crippen LogP contribution is 2.31. The summed E-state index contributed by atoms with van der Waals surface area (Å²) >= 11 is 0. The number of amides is 1. The van der Waals surface area contributed by atoms with Crippen LogP contribution >= 0.6 is 0 Å². The maximum atomic E-state index is 12.8. The molecule has 1 aromatic carbocycles. The Morgan fingerprint density at radius 3 is 2.75 bits per heavy atom. The fourth-order valence-electron chi connectivity index (χ4n) is 3.70. The second kappa shape index (κ2) is 7.42. The van der Waals surface area contributed by atoms with Gasteiger partial charge in [0.15, 0.2) is 0 Å². The van der Waals surface area contributed by atoms with Gasteiger partial charge in [-0.25, -0.2) is 4.98 Å². The monoisotopic (exact) mass is 378 g/mol. The summed E-state index contributed by atoms with van der Waals surface area (Å²) in [5.41, 5.74) is 2.91. The molecule has 1 atom stereocenters. The molecule has 1 unspecified atom stereocenters. The molecule has 0 radical (unpaired) electrons. The van der Waals surface area contributed by atoms with Crippen LogP contribution in [-0.4, -0.2) is 32.5 Å². The lowest BCUT2D eigenvalue weighted by Gasteiger charge is -2.23. The Balaban J connectivity index is 1.61. The third-order valence-corrected chi connectivity index (χ3v) is 5.13. The Morgan fingerprint density at radius 1 is 1.29 bits per heavy atom. The first-order valence-corrected chi connectivity index (χ1v) is 9.41. The Kier molecular flexibility index (Phi) is 4.81. The lowest BCUT2D eigenvalue weighted by Crippen LogP contribution is -2.33. The largest absolute Gasteiger partial charge is 0.351 e. The van der Waals surface area contributed by atoms with Gasteiger partial charge in [0.05, 0.1) is 11.7 Å². The van der Waals surface area contributed by atoms with Crippen LogP contribution in [0.2, 0.25) is 0 Å². The number of rotatable bonds is 4. The zero-order chi connectivity index (χ0) is 19.7. The zero-order valence-electron chi connectivity index (χ0n) is 15.9. The normalized spacial score (nSPS) is 16.5. The van der Waals surface area contributed by atoms with E-state index in [0.717, 1.165) is 18.4 Å². The van der Waals surface area contributed by atoms with Crippen LogP contribution in [0.1, 0.15) is 57.8 Å². The summed E-state index contributed by atoms with van der Waals surface area (Å²) in [6, 6.07) is 11.2. The molecular formula is C21H22N4O3. The smallest absolute Gasteiger partial charge is 0.293 e. The molecule has 0 saturated carbocycles. The number of nitrogens with one attached hydrogen (secondary N) is 1. The molecular weight excluding hydrogens is 356 g/mol. The van der Waals surface area contributed by atoms with Gasteiger partial charge in [-0.05, 0) is 32.3 Å². The number of nitrogens with zero attached hydrogens (tertiary/aromatic N) is 3. The molecule has 7 nitrogen and oxygen atoms in total. The highest BCUT2D eigenvalue weighted by molar-refractivity contribution is 5.91. The Morgan fingerprint density at radius 2 is 2.07 bits per heavy atom. The molecule has 144 valence electrons. The molecule has 3 aromatic rings. The summed E-state index contributed by atoms with van der Waals surface area (Å²) in [7, 11) is 0. The molecule has 1 fully saturated rings. The van der Waals surface area contributed by atoms with E-state index in [9.17, 15) is 9.59 Å². The van der Waals surface area contributed by atoms with Crippen LogP contribution in [0.25, 0.3) is 0 Å². The highest BCUT2D eigenvalue weighted by atomic mass is 16.5. The van der Waals surface area contributed by atoms with Crippen molar-refractivity contribution in [1.82, 2.24) is 20.0 Å². The Labute approximate surface area is 162 Å². The van der Waals surface area contributed by atoms with E-state index in [2.05, 4.69) is 15.1 Å². The molecule has 1 aliphatic heterocycles.